The number of anilines is 1. The smallest absolute Gasteiger partial charge is 0.323 e. The minimum absolute atomic E-state index is 0.319. The lowest BCUT2D eigenvalue weighted by Crippen LogP contribution is -2.23. The second-order valence-electron chi connectivity index (χ2n) is 4.63. The predicted octanol–water partition coefficient (Wildman–Crippen LogP) is 3.89. The fourth-order valence-corrected chi connectivity index (χ4v) is 1.98. The first-order valence-electron chi connectivity index (χ1n) is 7.33. The van der Waals surface area contributed by atoms with Crippen LogP contribution in [0.5, 0.6) is 11.5 Å². The number of urea groups is 1. The summed E-state index contributed by atoms with van der Waals surface area (Å²) in [7, 11) is 1.61. The Balaban J connectivity index is 1.88. The van der Waals surface area contributed by atoms with Crippen molar-refractivity contribution in [1.82, 2.24) is 5.32 Å². The van der Waals surface area contributed by atoms with Gasteiger partial charge in [0, 0.05) is 17.5 Å². The molecule has 0 unspecified atom stereocenters. The van der Waals surface area contributed by atoms with Crippen molar-refractivity contribution in [2.45, 2.75) is 6.92 Å². The molecule has 2 aromatic rings. The Morgan fingerprint density at radius 1 is 1.13 bits per heavy atom. The lowest BCUT2D eigenvalue weighted by atomic mass is 10.2. The van der Waals surface area contributed by atoms with Crippen molar-refractivity contribution in [3.05, 3.63) is 60.3 Å². The molecular formula is C18H20N2O3. The van der Waals surface area contributed by atoms with Crippen LogP contribution in [0.15, 0.2) is 54.7 Å². The zero-order valence-corrected chi connectivity index (χ0v) is 13.2. The molecule has 0 saturated heterocycles. The summed E-state index contributed by atoms with van der Waals surface area (Å²) in [5, 5.41) is 5.39. The van der Waals surface area contributed by atoms with Crippen molar-refractivity contribution >= 4 is 17.8 Å². The molecule has 5 nitrogen and oxygen atoms in total. The number of amides is 2. The van der Waals surface area contributed by atoms with E-state index in [-0.39, 0.29) is 6.03 Å². The number of hydrogen-bond donors (Lipinski definition) is 2. The van der Waals surface area contributed by atoms with Gasteiger partial charge in [0.2, 0.25) is 0 Å². The summed E-state index contributed by atoms with van der Waals surface area (Å²) in [6, 6.07) is 14.4. The van der Waals surface area contributed by atoms with Crippen LogP contribution >= 0.6 is 0 Å². The zero-order chi connectivity index (χ0) is 16.5. The van der Waals surface area contributed by atoms with Gasteiger partial charge in [-0.2, -0.15) is 0 Å². The van der Waals surface area contributed by atoms with E-state index in [0.717, 1.165) is 17.1 Å². The molecule has 0 fully saturated rings. The van der Waals surface area contributed by atoms with E-state index in [9.17, 15) is 4.79 Å². The molecule has 120 valence electrons. The van der Waals surface area contributed by atoms with Gasteiger partial charge in [-0.1, -0.05) is 18.2 Å². The standard InChI is InChI=1S/C18H20N2O3/c1-3-23-16-10-8-15(9-11-16)20-18(21)19-13-12-14-6-4-5-7-17(14)22-2/h4-13H,3H2,1-2H3,(H2,19,20,21)/b13-12+. The second-order valence-corrected chi connectivity index (χ2v) is 4.63. The third-order valence-electron chi connectivity index (χ3n) is 3.04. The Bertz CT molecular complexity index is 666. The molecule has 2 N–H and O–H groups in total. The normalized spacial score (nSPS) is 10.3. The molecule has 2 rings (SSSR count). The molecule has 2 aromatic carbocycles. The average Bonchev–Trinajstić information content (AvgIpc) is 2.57. The van der Waals surface area contributed by atoms with Gasteiger partial charge in [0.15, 0.2) is 0 Å². The predicted molar refractivity (Wildman–Crippen MR) is 91.8 cm³/mol. The van der Waals surface area contributed by atoms with Gasteiger partial charge in [-0.15, -0.1) is 0 Å². The molecule has 0 spiro atoms. The topological polar surface area (TPSA) is 59.6 Å². The third-order valence-corrected chi connectivity index (χ3v) is 3.04. The van der Waals surface area contributed by atoms with Crippen molar-refractivity contribution in [2.24, 2.45) is 0 Å². The number of hydrogen-bond acceptors (Lipinski definition) is 3. The first-order chi connectivity index (χ1) is 11.2. The van der Waals surface area contributed by atoms with Gasteiger partial charge in [0.1, 0.15) is 11.5 Å². The van der Waals surface area contributed by atoms with Crippen LogP contribution in [0.4, 0.5) is 10.5 Å². The summed E-state index contributed by atoms with van der Waals surface area (Å²) in [4.78, 5) is 11.8. The van der Waals surface area contributed by atoms with Crippen LogP contribution in [0, 0.1) is 0 Å². The number of para-hydroxylation sites is 1. The minimum Gasteiger partial charge on any atom is -0.496 e. The van der Waals surface area contributed by atoms with Crippen LogP contribution in [-0.4, -0.2) is 19.7 Å². The largest absolute Gasteiger partial charge is 0.496 e. The van der Waals surface area contributed by atoms with Crippen LogP contribution < -0.4 is 20.1 Å². The van der Waals surface area contributed by atoms with Crippen molar-refractivity contribution < 1.29 is 14.3 Å². The molecule has 0 radical (unpaired) electrons. The van der Waals surface area contributed by atoms with E-state index < -0.39 is 0 Å². The maximum absolute atomic E-state index is 11.8. The molecule has 0 aliphatic heterocycles. The molecular weight excluding hydrogens is 292 g/mol. The molecule has 0 aromatic heterocycles. The molecule has 0 saturated carbocycles. The Labute approximate surface area is 135 Å². The lowest BCUT2D eigenvalue weighted by Gasteiger charge is -2.07. The van der Waals surface area contributed by atoms with Gasteiger partial charge in [0.25, 0.3) is 0 Å². The molecule has 0 heterocycles. The average molecular weight is 312 g/mol. The lowest BCUT2D eigenvalue weighted by molar-refractivity contribution is 0.255. The van der Waals surface area contributed by atoms with E-state index >= 15 is 0 Å². The molecule has 2 amide bonds. The fourth-order valence-electron chi connectivity index (χ4n) is 1.98. The summed E-state index contributed by atoms with van der Waals surface area (Å²) in [5.41, 5.74) is 1.58. The second kappa shape index (κ2) is 8.48. The number of rotatable bonds is 6. The zero-order valence-electron chi connectivity index (χ0n) is 13.2. The van der Waals surface area contributed by atoms with Gasteiger partial charge in [0.05, 0.1) is 13.7 Å². The van der Waals surface area contributed by atoms with Crippen molar-refractivity contribution in [1.29, 1.82) is 0 Å². The maximum Gasteiger partial charge on any atom is 0.323 e. The van der Waals surface area contributed by atoms with Gasteiger partial charge in [-0.25, -0.2) is 4.79 Å². The highest BCUT2D eigenvalue weighted by atomic mass is 16.5. The highest BCUT2D eigenvalue weighted by Gasteiger charge is 2.00. The number of benzene rings is 2. The minimum atomic E-state index is -0.319. The molecule has 0 aliphatic rings. The van der Waals surface area contributed by atoms with E-state index in [4.69, 9.17) is 9.47 Å². The Hall–Kier alpha value is -2.95. The number of ether oxygens (including phenoxy) is 2. The maximum atomic E-state index is 11.8. The number of carbonyl (C=O) groups is 1. The molecule has 0 aliphatic carbocycles. The summed E-state index contributed by atoms with van der Waals surface area (Å²) in [6.07, 6.45) is 3.35. The van der Waals surface area contributed by atoms with E-state index in [2.05, 4.69) is 10.6 Å². The Kier molecular flexibility index (Phi) is 6.06. The molecule has 0 atom stereocenters. The first kappa shape index (κ1) is 16.4. The van der Waals surface area contributed by atoms with Gasteiger partial charge in [-0.3, -0.25) is 0 Å². The van der Waals surface area contributed by atoms with Crippen molar-refractivity contribution in [2.75, 3.05) is 19.0 Å². The van der Waals surface area contributed by atoms with E-state index in [0.29, 0.717) is 12.3 Å². The first-order valence-corrected chi connectivity index (χ1v) is 7.33. The number of carbonyl (C=O) groups excluding carboxylic acids is 1. The highest BCUT2D eigenvalue weighted by Crippen LogP contribution is 2.18. The summed E-state index contributed by atoms with van der Waals surface area (Å²) in [6.45, 7) is 2.54. The van der Waals surface area contributed by atoms with Crippen molar-refractivity contribution in [3.63, 3.8) is 0 Å². The highest BCUT2D eigenvalue weighted by molar-refractivity contribution is 5.90. The van der Waals surface area contributed by atoms with Crippen molar-refractivity contribution in [3.8, 4) is 11.5 Å². The van der Waals surface area contributed by atoms with Gasteiger partial charge < -0.3 is 20.1 Å². The number of methoxy groups -OCH3 is 1. The third kappa shape index (κ3) is 5.07. The fraction of sp³-hybridized carbons (Fsp3) is 0.167. The van der Waals surface area contributed by atoms with E-state index in [1.807, 2.05) is 43.3 Å². The SMILES string of the molecule is CCOc1ccc(NC(=O)N/C=C/c2ccccc2OC)cc1. The summed E-state index contributed by atoms with van der Waals surface area (Å²) >= 11 is 0. The molecule has 0 bridgehead atoms. The van der Waals surface area contributed by atoms with Crippen LogP contribution in [-0.2, 0) is 0 Å². The van der Waals surface area contributed by atoms with Crippen LogP contribution in [0.1, 0.15) is 12.5 Å². The Morgan fingerprint density at radius 2 is 1.87 bits per heavy atom. The number of nitrogens with one attached hydrogen (secondary N) is 2. The van der Waals surface area contributed by atoms with Gasteiger partial charge >= 0.3 is 6.03 Å². The van der Waals surface area contributed by atoms with Gasteiger partial charge in [-0.05, 0) is 43.3 Å². The van der Waals surface area contributed by atoms with E-state index in [1.54, 1.807) is 31.5 Å². The van der Waals surface area contributed by atoms with Crippen LogP contribution in [0.2, 0.25) is 0 Å². The molecule has 5 heteroatoms. The van der Waals surface area contributed by atoms with Crippen LogP contribution in [0.25, 0.3) is 6.08 Å². The Morgan fingerprint density at radius 3 is 2.57 bits per heavy atom. The molecule has 23 heavy (non-hydrogen) atoms. The van der Waals surface area contributed by atoms with E-state index in [1.165, 1.54) is 0 Å². The summed E-state index contributed by atoms with van der Waals surface area (Å²) < 4.78 is 10.6. The summed E-state index contributed by atoms with van der Waals surface area (Å²) in [5.74, 6) is 1.52. The van der Waals surface area contributed by atoms with Crippen LogP contribution in [0.3, 0.4) is 0 Å². The quantitative estimate of drug-likeness (QED) is 0.851. The monoisotopic (exact) mass is 312 g/mol.